The Morgan fingerprint density at radius 3 is 2.32 bits per heavy atom. The van der Waals surface area contributed by atoms with E-state index in [2.05, 4.69) is 10.6 Å². The van der Waals surface area contributed by atoms with Crippen LogP contribution >= 0.6 is 23.4 Å². The molecule has 5 nitrogen and oxygen atoms in total. The van der Waals surface area contributed by atoms with E-state index in [1.165, 1.54) is 0 Å². The number of para-hydroxylation sites is 1. The van der Waals surface area contributed by atoms with E-state index in [9.17, 15) is 9.59 Å². The van der Waals surface area contributed by atoms with Crippen molar-refractivity contribution in [3.8, 4) is 0 Å². The van der Waals surface area contributed by atoms with Gasteiger partial charge in [0.25, 0.3) is 11.8 Å². The number of quaternary nitrogens is 1. The maximum atomic E-state index is 12.5. The number of hydrogen-bond acceptors (Lipinski definition) is 3. The largest absolute Gasteiger partial charge is 0.349 e. The van der Waals surface area contributed by atoms with Crippen LogP contribution in [0, 0.1) is 0 Å². The zero-order valence-electron chi connectivity index (χ0n) is 16.4. The minimum Gasteiger partial charge on any atom is -0.349 e. The van der Waals surface area contributed by atoms with Crippen molar-refractivity contribution in [1.82, 2.24) is 5.32 Å². The molecule has 2 rings (SSSR count). The standard InChI is InChI=1S/C21H26ClN3O2S/c1-4-25(13-20(26)23-15(2)3)14-21(27)24-18-7-5-6-8-19(18)28-17-11-9-16(22)10-12-17/h5-12,15H,4,13-14H2,1-3H3,(H,23,26)(H,24,27)/p+1. The van der Waals surface area contributed by atoms with Gasteiger partial charge in [0.2, 0.25) is 0 Å². The average Bonchev–Trinajstić information content (AvgIpc) is 2.64. The van der Waals surface area contributed by atoms with E-state index in [0.717, 1.165) is 20.4 Å². The van der Waals surface area contributed by atoms with Gasteiger partial charge in [-0.1, -0.05) is 35.5 Å². The van der Waals surface area contributed by atoms with Crippen LogP contribution < -0.4 is 15.5 Å². The Bertz CT molecular complexity index is 796. The van der Waals surface area contributed by atoms with Gasteiger partial charge in [-0.05, 0) is 57.2 Å². The molecule has 2 aromatic carbocycles. The Labute approximate surface area is 175 Å². The predicted octanol–water partition coefficient (Wildman–Crippen LogP) is 2.86. The molecule has 0 fully saturated rings. The number of likely N-dealkylation sites (N-methyl/N-ethyl adjacent to an activating group) is 1. The molecule has 0 aliphatic rings. The normalized spacial score (nSPS) is 11.9. The molecule has 2 aromatic rings. The highest BCUT2D eigenvalue weighted by Crippen LogP contribution is 2.33. The number of rotatable bonds is 9. The van der Waals surface area contributed by atoms with E-state index >= 15 is 0 Å². The van der Waals surface area contributed by atoms with Crippen molar-refractivity contribution in [2.75, 3.05) is 25.0 Å². The maximum absolute atomic E-state index is 12.5. The van der Waals surface area contributed by atoms with Crippen LogP contribution in [0.15, 0.2) is 58.3 Å². The van der Waals surface area contributed by atoms with E-state index in [-0.39, 0.29) is 30.9 Å². The van der Waals surface area contributed by atoms with Crippen molar-refractivity contribution >= 4 is 40.9 Å². The minimum atomic E-state index is -0.113. The van der Waals surface area contributed by atoms with Crippen molar-refractivity contribution in [3.63, 3.8) is 0 Å². The molecular weight excluding hydrogens is 394 g/mol. The highest BCUT2D eigenvalue weighted by atomic mass is 35.5. The summed E-state index contributed by atoms with van der Waals surface area (Å²) in [5.41, 5.74) is 0.759. The third kappa shape index (κ3) is 7.54. The van der Waals surface area contributed by atoms with Crippen molar-refractivity contribution < 1.29 is 14.5 Å². The molecule has 0 saturated carbocycles. The topological polar surface area (TPSA) is 62.6 Å². The molecule has 7 heteroatoms. The van der Waals surface area contributed by atoms with Gasteiger partial charge in [-0.25, -0.2) is 0 Å². The first-order valence-electron chi connectivity index (χ1n) is 9.32. The molecule has 0 radical (unpaired) electrons. The number of benzene rings is 2. The highest BCUT2D eigenvalue weighted by Gasteiger charge is 2.18. The molecular formula is C21H27ClN3O2S+. The molecule has 0 aliphatic carbocycles. The number of hydrogen-bond donors (Lipinski definition) is 3. The maximum Gasteiger partial charge on any atom is 0.279 e. The SMILES string of the molecule is CC[NH+](CC(=O)Nc1ccccc1Sc1ccc(Cl)cc1)CC(=O)NC(C)C. The van der Waals surface area contributed by atoms with Crippen molar-refractivity contribution in [2.45, 2.75) is 36.6 Å². The van der Waals surface area contributed by atoms with Crippen LogP contribution in [-0.4, -0.2) is 37.5 Å². The van der Waals surface area contributed by atoms with Gasteiger partial charge in [0.15, 0.2) is 13.1 Å². The number of carbonyl (C=O) groups is 2. The third-order valence-corrected chi connectivity index (χ3v) is 5.31. The Morgan fingerprint density at radius 2 is 1.68 bits per heavy atom. The summed E-state index contributed by atoms with van der Waals surface area (Å²) in [5.74, 6) is -0.156. The lowest BCUT2D eigenvalue weighted by atomic mass is 10.3. The fourth-order valence-electron chi connectivity index (χ4n) is 2.62. The molecule has 0 saturated heterocycles. The van der Waals surface area contributed by atoms with E-state index in [1.54, 1.807) is 11.8 Å². The lowest BCUT2D eigenvalue weighted by Crippen LogP contribution is -3.14. The Balaban J connectivity index is 1.99. The fraction of sp³-hybridized carbons (Fsp3) is 0.333. The lowest BCUT2D eigenvalue weighted by Gasteiger charge is -2.18. The van der Waals surface area contributed by atoms with Crippen molar-refractivity contribution in [3.05, 3.63) is 53.6 Å². The molecule has 1 unspecified atom stereocenters. The third-order valence-electron chi connectivity index (χ3n) is 3.97. The molecule has 150 valence electrons. The first-order chi connectivity index (χ1) is 13.4. The number of carbonyl (C=O) groups excluding carboxylic acids is 2. The summed E-state index contributed by atoms with van der Waals surface area (Å²) in [6.07, 6.45) is 0. The van der Waals surface area contributed by atoms with Gasteiger partial charge in [-0.2, -0.15) is 0 Å². The molecule has 0 aliphatic heterocycles. The van der Waals surface area contributed by atoms with Gasteiger partial charge in [-0.3, -0.25) is 9.59 Å². The van der Waals surface area contributed by atoms with Crippen LogP contribution in [0.5, 0.6) is 0 Å². The molecule has 0 bridgehead atoms. The zero-order valence-corrected chi connectivity index (χ0v) is 18.0. The molecule has 0 heterocycles. The van der Waals surface area contributed by atoms with Gasteiger partial charge in [0, 0.05) is 20.9 Å². The predicted molar refractivity (Wildman–Crippen MR) is 115 cm³/mol. The summed E-state index contributed by atoms with van der Waals surface area (Å²) in [7, 11) is 0. The first kappa shape index (κ1) is 22.3. The van der Waals surface area contributed by atoms with Gasteiger partial charge in [0.05, 0.1) is 12.2 Å². The summed E-state index contributed by atoms with van der Waals surface area (Å²) in [4.78, 5) is 27.4. The summed E-state index contributed by atoms with van der Waals surface area (Å²) >= 11 is 7.51. The first-order valence-corrected chi connectivity index (χ1v) is 10.5. The number of halogens is 1. The molecule has 28 heavy (non-hydrogen) atoms. The number of anilines is 1. The average molecular weight is 421 g/mol. The quantitative estimate of drug-likeness (QED) is 0.584. The van der Waals surface area contributed by atoms with Crippen LogP contribution in [0.25, 0.3) is 0 Å². The zero-order chi connectivity index (χ0) is 20.5. The van der Waals surface area contributed by atoms with E-state index in [1.807, 2.05) is 69.3 Å². The summed E-state index contributed by atoms with van der Waals surface area (Å²) < 4.78 is 0. The lowest BCUT2D eigenvalue weighted by molar-refractivity contribution is -0.881. The summed E-state index contributed by atoms with van der Waals surface area (Å²) in [6, 6.07) is 15.4. The fourth-order valence-corrected chi connectivity index (χ4v) is 3.65. The van der Waals surface area contributed by atoms with Gasteiger partial charge in [0.1, 0.15) is 0 Å². The van der Waals surface area contributed by atoms with E-state index in [0.29, 0.717) is 11.6 Å². The Kier molecular flexibility index (Phi) is 8.83. The molecule has 2 amide bonds. The second-order valence-corrected chi connectivity index (χ2v) is 8.33. The molecule has 0 spiro atoms. The number of amides is 2. The Morgan fingerprint density at radius 1 is 1.04 bits per heavy atom. The Hall–Kier alpha value is -2.02. The summed E-state index contributed by atoms with van der Waals surface area (Å²) in [6.45, 7) is 7.03. The van der Waals surface area contributed by atoms with Crippen LogP contribution in [-0.2, 0) is 9.59 Å². The van der Waals surface area contributed by atoms with E-state index < -0.39 is 0 Å². The minimum absolute atomic E-state index is 0.0432. The van der Waals surface area contributed by atoms with Gasteiger partial charge >= 0.3 is 0 Å². The van der Waals surface area contributed by atoms with Crippen LogP contribution in [0.2, 0.25) is 5.02 Å². The van der Waals surface area contributed by atoms with Crippen molar-refractivity contribution in [1.29, 1.82) is 0 Å². The molecule has 0 aromatic heterocycles. The molecule has 1 atom stereocenters. The van der Waals surface area contributed by atoms with Gasteiger partial charge in [-0.15, -0.1) is 0 Å². The smallest absolute Gasteiger partial charge is 0.279 e. The highest BCUT2D eigenvalue weighted by molar-refractivity contribution is 7.99. The molecule has 3 N–H and O–H groups in total. The number of nitrogens with one attached hydrogen (secondary N) is 3. The summed E-state index contributed by atoms with van der Waals surface area (Å²) in [5, 5.41) is 6.54. The van der Waals surface area contributed by atoms with Crippen molar-refractivity contribution in [2.24, 2.45) is 0 Å². The monoisotopic (exact) mass is 420 g/mol. The second kappa shape index (κ2) is 11.1. The van der Waals surface area contributed by atoms with Gasteiger partial charge < -0.3 is 15.5 Å². The second-order valence-electron chi connectivity index (χ2n) is 6.78. The van der Waals surface area contributed by atoms with Crippen LogP contribution in [0.4, 0.5) is 5.69 Å². The van der Waals surface area contributed by atoms with Crippen LogP contribution in [0.3, 0.4) is 0 Å². The van der Waals surface area contributed by atoms with E-state index in [4.69, 9.17) is 11.6 Å². The van der Waals surface area contributed by atoms with Crippen LogP contribution in [0.1, 0.15) is 20.8 Å².